The van der Waals surface area contributed by atoms with Gasteiger partial charge >= 0.3 is 0 Å². The number of aromatic nitrogens is 1. The molecule has 1 N–H and O–H groups in total. The number of nitrogens with zero attached hydrogens (tertiary/aromatic N) is 1. The Kier molecular flexibility index (Phi) is 6.73. The molecule has 3 rings (SSSR count). The highest BCUT2D eigenvalue weighted by atomic mass is 35.5. The quantitative estimate of drug-likeness (QED) is 0.526. The summed E-state index contributed by atoms with van der Waals surface area (Å²) < 4.78 is 7.77. The minimum absolute atomic E-state index is 0.786. The molecule has 0 aliphatic carbocycles. The fourth-order valence-corrected chi connectivity index (χ4v) is 3.58. The van der Waals surface area contributed by atoms with Crippen molar-refractivity contribution in [2.24, 2.45) is 0 Å². The van der Waals surface area contributed by atoms with Gasteiger partial charge in [0, 0.05) is 47.9 Å². The van der Waals surface area contributed by atoms with Crippen LogP contribution in [0.15, 0.2) is 48.5 Å². The first-order valence-corrected chi connectivity index (χ1v) is 9.68. The molecule has 0 aliphatic heterocycles. The third kappa shape index (κ3) is 4.29. The van der Waals surface area contributed by atoms with E-state index in [0.717, 1.165) is 49.9 Å². The summed E-state index contributed by atoms with van der Waals surface area (Å²) in [6.07, 6.45) is 1.03. The lowest BCUT2D eigenvalue weighted by atomic mass is 10.1. The van der Waals surface area contributed by atoms with Crippen LogP contribution in [0.5, 0.6) is 0 Å². The molecule has 3 aromatic rings. The van der Waals surface area contributed by atoms with Crippen molar-refractivity contribution in [2.75, 3.05) is 19.8 Å². The Hall–Kier alpha value is -1.81. The highest BCUT2D eigenvalue weighted by molar-refractivity contribution is 6.31. The molecule has 3 nitrogen and oxygen atoms in total. The molecular formula is C22H27ClN2O. The molecule has 4 heteroatoms. The fourth-order valence-electron chi connectivity index (χ4n) is 3.38. The molecule has 0 amide bonds. The van der Waals surface area contributed by atoms with Gasteiger partial charge in [-0.25, -0.2) is 0 Å². The van der Waals surface area contributed by atoms with E-state index in [4.69, 9.17) is 16.3 Å². The van der Waals surface area contributed by atoms with Crippen LogP contribution in [-0.4, -0.2) is 24.3 Å². The maximum Gasteiger partial charge on any atom is 0.0493 e. The normalized spacial score (nSPS) is 11.3. The number of halogens is 1. The number of hydrogen-bond acceptors (Lipinski definition) is 2. The monoisotopic (exact) mass is 370 g/mol. The van der Waals surface area contributed by atoms with E-state index in [0.29, 0.717) is 0 Å². The molecule has 0 atom stereocenters. The van der Waals surface area contributed by atoms with E-state index in [2.05, 4.69) is 47.1 Å². The number of fused-ring (bicyclic) bond motifs is 1. The summed E-state index contributed by atoms with van der Waals surface area (Å²) in [5, 5.41) is 5.70. The standard InChI is InChI=1S/C22H27ClN2O/c1-3-26-14-8-13-24-15-20-17(2)25(22-12-7-5-10-19(20)22)16-18-9-4-6-11-21(18)23/h4-7,9-12,24H,3,8,13-16H2,1-2H3. The topological polar surface area (TPSA) is 26.2 Å². The number of hydrogen-bond donors (Lipinski definition) is 1. The first kappa shape index (κ1) is 19.0. The van der Waals surface area contributed by atoms with Gasteiger partial charge in [0.15, 0.2) is 0 Å². The lowest BCUT2D eigenvalue weighted by Crippen LogP contribution is -2.17. The Morgan fingerprint density at radius 1 is 1.08 bits per heavy atom. The highest BCUT2D eigenvalue weighted by Gasteiger charge is 2.14. The molecule has 0 aliphatic rings. The molecule has 0 unspecified atom stereocenters. The van der Waals surface area contributed by atoms with E-state index >= 15 is 0 Å². The van der Waals surface area contributed by atoms with Crippen molar-refractivity contribution < 1.29 is 4.74 Å². The average molecular weight is 371 g/mol. The van der Waals surface area contributed by atoms with Gasteiger partial charge in [-0.1, -0.05) is 48.0 Å². The molecule has 0 radical (unpaired) electrons. The van der Waals surface area contributed by atoms with Crippen LogP contribution in [0.3, 0.4) is 0 Å². The smallest absolute Gasteiger partial charge is 0.0493 e. The fraction of sp³-hybridized carbons (Fsp3) is 0.364. The minimum Gasteiger partial charge on any atom is -0.382 e. The van der Waals surface area contributed by atoms with Crippen LogP contribution >= 0.6 is 11.6 Å². The first-order valence-electron chi connectivity index (χ1n) is 9.31. The summed E-state index contributed by atoms with van der Waals surface area (Å²) in [6.45, 7) is 8.46. The predicted molar refractivity (Wildman–Crippen MR) is 110 cm³/mol. The Morgan fingerprint density at radius 3 is 2.65 bits per heavy atom. The van der Waals surface area contributed by atoms with Gasteiger partial charge in [0.1, 0.15) is 0 Å². The summed E-state index contributed by atoms with van der Waals surface area (Å²) in [4.78, 5) is 0. The second kappa shape index (κ2) is 9.22. The van der Waals surface area contributed by atoms with Crippen LogP contribution in [0.4, 0.5) is 0 Å². The minimum atomic E-state index is 0.786. The van der Waals surface area contributed by atoms with Crippen molar-refractivity contribution >= 4 is 22.5 Å². The molecule has 26 heavy (non-hydrogen) atoms. The average Bonchev–Trinajstić information content (AvgIpc) is 2.92. The summed E-state index contributed by atoms with van der Waals surface area (Å²) in [6, 6.07) is 16.7. The summed E-state index contributed by atoms with van der Waals surface area (Å²) in [5.41, 5.74) is 5.07. The molecule has 0 fully saturated rings. The van der Waals surface area contributed by atoms with E-state index < -0.39 is 0 Å². The largest absolute Gasteiger partial charge is 0.382 e. The molecule has 1 heterocycles. The van der Waals surface area contributed by atoms with Crippen LogP contribution in [0, 0.1) is 6.92 Å². The third-order valence-corrected chi connectivity index (χ3v) is 5.16. The van der Waals surface area contributed by atoms with Gasteiger partial charge in [0.25, 0.3) is 0 Å². The van der Waals surface area contributed by atoms with Crippen molar-refractivity contribution in [3.63, 3.8) is 0 Å². The second-order valence-electron chi connectivity index (χ2n) is 6.49. The molecule has 138 valence electrons. The Morgan fingerprint density at radius 2 is 1.85 bits per heavy atom. The Labute approximate surface area is 160 Å². The van der Waals surface area contributed by atoms with Gasteiger partial charge in [-0.05, 0) is 50.1 Å². The number of para-hydroxylation sites is 1. The lowest BCUT2D eigenvalue weighted by Gasteiger charge is -2.11. The highest BCUT2D eigenvalue weighted by Crippen LogP contribution is 2.28. The van der Waals surface area contributed by atoms with E-state index in [1.807, 2.05) is 25.1 Å². The molecular weight excluding hydrogens is 344 g/mol. The van der Waals surface area contributed by atoms with E-state index in [9.17, 15) is 0 Å². The summed E-state index contributed by atoms with van der Waals surface area (Å²) in [5.74, 6) is 0. The maximum absolute atomic E-state index is 6.39. The first-order chi connectivity index (χ1) is 12.7. The summed E-state index contributed by atoms with van der Waals surface area (Å²) >= 11 is 6.39. The zero-order valence-corrected chi connectivity index (χ0v) is 16.4. The Balaban J connectivity index is 1.81. The van der Waals surface area contributed by atoms with Crippen molar-refractivity contribution in [3.8, 4) is 0 Å². The van der Waals surface area contributed by atoms with E-state index in [1.54, 1.807) is 0 Å². The van der Waals surface area contributed by atoms with Crippen LogP contribution < -0.4 is 5.32 Å². The summed E-state index contributed by atoms with van der Waals surface area (Å²) in [7, 11) is 0. The van der Waals surface area contributed by atoms with Crippen molar-refractivity contribution in [1.29, 1.82) is 0 Å². The molecule has 1 aromatic heterocycles. The van der Waals surface area contributed by atoms with Crippen LogP contribution in [0.25, 0.3) is 10.9 Å². The number of ether oxygens (including phenoxy) is 1. The Bertz CT molecular complexity index is 856. The third-order valence-electron chi connectivity index (χ3n) is 4.80. The SMILES string of the molecule is CCOCCCNCc1c(C)n(Cc2ccccc2Cl)c2ccccc12. The molecule has 0 spiro atoms. The van der Waals surface area contributed by atoms with Gasteiger partial charge in [-0.3, -0.25) is 0 Å². The second-order valence-corrected chi connectivity index (χ2v) is 6.89. The lowest BCUT2D eigenvalue weighted by molar-refractivity contribution is 0.144. The zero-order chi connectivity index (χ0) is 18.4. The number of nitrogens with one attached hydrogen (secondary N) is 1. The van der Waals surface area contributed by atoms with Crippen molar-refractivity contribution in [2.45, 2.75) is 33.4 Å². The van der Waals surface area contributed by atoms with Gasteiger partial charge in [-0.2, -0.15) is 0 Å². The maximum atomic E-state index is 6.39. The molecule has 2 aromatic carbocycles. The van der Waals surface area contributed by atoms with Crippen LogP contribution in [0.1, 0.15) is 30.2 Å². The van der Waals surface area contributed by atoms with Crippen LogP contribution in [0.2, 0.25) is 5.02 Å². The van der Waals surface area contributed by atoms with Gasteiger partial charge in [-0.15, -0.1) is 0 Å². The molecule has 0 saturated heterocycles. The van der Waals surface area contributed by atoms with Crippen LogP contribution in [-0.2, 0) is 17.8 Å². The van der Waals surface area contributed by atoms with Crippen molar-refractivity contribution in [1.82, 2.24) is 9.88 Å². The van der Waals surface area contributed by atoms with Gasteiger partial charge in [0.2, 0.25) is 0 Å². The van der Waals surface area contributed by atoms with Crippen molar-refractivity contribution in [3.05, 3.63) is 70.4 Å². The molecule has 0 saturated carbocycles. The predicted octanol–water partition coefficient (Wildman–Crippen LogP) is 5.17. The number of benzene rings is 2. The zero-order valence-electron chi connectivity index (χ0n) is 15.6. The van der Waals surface area contributed by atoms with E-state index in [1.165, 1.54) is 22.2 Å². The van der Waals surface area contributed by atoms with Gasteiger partial charge < -0.3 is 14.6 Å². The van der Waals surface area contributed by atoms with E-state index in [-0.39, 0.29) is 0 Å². The molecule has 0 bridgehead atoms. The van der Waals surface area contributed by atoms with Gasteiger partial charge in [0.05, 0.1) is 0 Å². The number of rotatable bonds is 9.